The number of amides is 2. The van der Waals surface area contributed by atoms with Gasteiger partial charge in [0.25, 0.3) is 0 Å². The van der Waals surface area contributed by atoms with Gasteiger partial charge in [-0.3, -0.25) is 4.79 Å². The third-order valence-electron chi connectivity index (χ3n) is 4.25. The number of carbonyl (C=O) groups is 2. The van der Waals surface area contributed by atoms with Gasteiger partial charge in [-0.1, -0.05) is 43.2 Å². The standard InChI is InChI=1S/C17H23ClN2O3/c1-20(16(21)11-18)15-10-6-5-9-14(15)19-17(22)23-12-13-7-3-2-4-8-13/h2-4,7-8,14-15H,5-6,9-12H2,1H3,(H,19,22)/t14-,15-/m0/s1. The third-order valence-corrected chi connectivity index (χ3v) is 4.48. The molecule has 0 bridgehead atoms. The van der Waals surface area contributed by atoms with Crippen LogP contribution >= 0.6 is 11.6 Å². The van der Waals surface area contributed by atoms with E-state index < -0.39 is 6.09 Å². The summed E-state index contributed by atoms with van der Waals surface area (Å²) in [7, 11) is 1.74. The smallest absolute Gasteiger partial charge is 0.407 e. The first kappa shape index (κ1) is 17.6. The quantitative estimate of drug-likeness (QED) is 0.840. The van der Waals surface area contributed by atoms with Crippen molar-refractivity contribution in [1.82, 2.24) is 10.2 Å². The lowest BCUT2D eigenvalue weighted by atomic mass is 9.89. The molecule has 0 heterocycles. The number of rotatable bonds is 5. The molecule has 0 radical (unpaired) electrons. The topological polar surface area (TPSA) is 58.6 Å². The summed E-state index contributed by atoms with van der Waals surface area (Å²) in [6.07, 6.45) is 3.33. The second kappa shape index (κ2) is 8.77. The SMILES string of the molecule is CN(C(=O)CCl)[C@H]1CCCC[C@@H]1NC(=O)OCc1ccccc1. The zero-order valence-electron chi connectivity index (χ0n) is 13.3. The molecule has 0 aliphatic heterocycles. The van der Waals surface area contributed by atoms with E-state index in [-0.39, 0.29) is 30.5 Å². The van der Waals surface area contributed by atoms with E-state index in [1.54, 1.807) is 11.9 Å². The van der Waals surface area contributed by atoms with Gasteiger partial charge in [-0.15, -0.1) is 11.6 Å². The molecule has 1 saturated carbocycles. The predicted octanol–water partition coefficient (Wildman–Crippen LogP) is 2.92. The Balaban J connectivity index is 1.88. The highest BCUT2D eigenvalue weighted by Crippen LogP contribution is 2.23. The molecule has 2 amide bonds. The lowest BCUT2D eigenvalue weighted by Crippen LogP contribution is -2.54. The molecule has 0 saturated heterocycles. The lowest BCUT2D eigenvalue weighted by Gasteiger charge is -2.37. The van der Waals surface area contributed by atoms with E-state index in [1.165, 1.54) is 0 Å². The van der Waals surface area contributed by atoms with Crippen molar-refractivity contribution in [2.45, 2.75) is 44.4 Å². The zero-order valence-corrected chi connectivity index (χ0v) is 14.1. The highest BCUT2D eigenvalue weighted by molar-refractivity contribution is 6.27. The number of nitrogens with one attached hydrogen (secondary N) is 1. The number of hydrogen-bond donors (Lipinski definition) is 1. The highest BCUT2D eigenvalue weighted by Gasteiger charge is 2.31. The van der Waals surface area contributed by atoms with Crippen LogP contribution in [-0.2, 0) is 16.1 Å². The number of hydrogen-bond acceptors (Lipinski definition) is 3. The van der Waals surface area contributed by atoms with Gasteiger partial charge in [0.2, 0.25) is 5.91 Å². The van der Waals surface area contributed by atoms with Crippen LogP contribution in [0.2, 0.25) is 0 Å². The fourth-order valence-corrected chi connectivity index (χ4v) is 3.13. The Bertz CT molecular complexity index is 524. The van der Waals surface area contributed by atoms with Crippen LogP contribution < -0.4 is 5.32 Å². The van der Waals surface area contributed by atoms with E-state index in [1.807, 2.05) is 30.3 Å². The first-order chi connectivity index (χ1) is 11.1. The van der Waals surface area contributed by atoms with Gasteiger partial charge in [0.15, 0.2) is 0 Å². The maximum Gasteiger partial charge on any atom is 0.407 e. The van der Waals surface area contributed by atoms with Crippen molar-refractivity contribution in [3.63, 3.8) is 0 Å². The summed E-state index contributed by atoms with van der Waals surface area (Å²) >= 11 is 5.63. The van der Waals surface area contributed by atoms with Crippen LogP contribution in [0.25, 0.3) is 0 Å². The summed E-state index contributed by atoms with van der Waals surface area (Å²) in [6.45, 7) is 0.237. The maximum atomic E-state index is 12.0. The van der Waals surface area contributed by atoms with Crippen molar-refractivity contribution in [2.24, 2.45) is 0 Å². The molecule has 1 aliphatic carbocycles. The van der Waals surface area contributed by atoms with Crippen molar-refractivity contribution >= 4 is 23.6 Å². The monoisotopic (exact) mass is 338 g/mol. The summed E-state index contributed by atoms with van der Waals surface area (Å²) in [5, 5.41) is 2.90. The summed E-state index contributed by atoms with van der Waals surface area (Å²) in [6, 6.07) is 9.41. The molecule has 2 atom stereocenters. The lowest BCUT2D eigenvalue weighted by molar-refractivity contribution is -0.130. The Labute approximate surface area is 141 Å². The van der Waals surface area contributed by atoms with Crippen LogP contribution in [0.15, 0.2) is 30.3 Å². The van der Waals surface area contributed by atoms with Gasteiger partial charge in [-0.2, -0.15) is 0 Å². The van der Waals surface area contributed by atoms with Crippen LogP contribution in [0, 0.1) is 0 Å². The van der Waals surface area contributed by atoms with E-state index in [0.717, 1.165) is 31.2 Å². The number of carbonyl (C=O) groups excluding carboxylic acids is 2. The third kappa shape index (κ3) is 5.13. The largest absolute Gasteiger partial charge is 0.445 e. The van der Waals surface area contributed by atoms with E-state index in [2.05, 4.69) is 5.32 Å². The van der Waals surface area contributed by atoms with Crippen LogP contribution in [0.5, 0.6) is 0 Å². The van der Waals surface area contributed by atoms with Gasteiger partial charge < -0.3 is 15.0 Å². The molecule has 1 aromatic carbocycles. The van der Waals surface area contributed by atoms with Crippen molar-refractivity contribution in [1.29, 1.82) is 0 Å². The Kier molecular flexibility index (Phi) is 6.71. The second-order valence-corrected chi connectivity index (χ2v) is 6.07. The van der Waals surface area contributed by atoms with Gasteiger partial charge in [0, 0.05) is 7.05 Å². The van der Waals surface area contributed by atoms with Crippen LogP contribution in [0.4, 0.5) is 4.79 Å². The van der Waals surface area contributed by atoms with Gasteiger partial charge in [0.05, 0.1) is 12.1 Å². The minimum atomic E-state index is -0.447. The molecule has 6 heteroatoms. The fraction of sp³-hybridized carbons (Fsp3) is 0.529. The van der Waals surface area contributed by atoms with Crippen molar-refractivity contribution in [3.05, 3.63) is 35.9 Å². The molecule has 0 aromatic heterocycles. The molecule has 1 aliphatic rings. The number of alkyl halides is 1. The highest BCUT2D eigenvalue weighted by atomic mass is 35.5. The summed E-state index contributed by atoms with van der Waals surface area (Å²) in [5.74, 6) is -0.166. The zero-order chi connectivity index (χ0) is 16.7. The summed E-state index contributed by atoms with van der Waals surface area (Å²) in [5.41, 5.74) is 0.942. The Morgan fingerprint density at radius 2 is 1.96 bits per heavy atom. The Morgan fingerprint density at radius 1 is 1.26 bits per heavy atom. The summed E-state index contributed by atoms with van der Waals surface area (Å²) in [4.78, 5) is 25.5. The van der Waals surface area contributed by atoms with Crippen LogP contribution in [0.3, 0.4) is 0 Å². The van der Waals surface area contributed by atoms with E-state index in [0.29, 0.717) is 0 Å². The number of alkyl carbamates (subject to hydrolysis) is 1. The van der Waals surface area contributed by atoms with Crippen molar-refractivity contribution in [2.75, 3.05) is 12.9 Å². The fourth-order valence-electron chi connectivity index (χ4n) is 2.94. The van der Waals surface area contributed by atoms with E-state index >= 15 is 0 Å². The van der Waals surface area contributed by atoms with E-state index in [9.17, 15) is 9.59 Å². The molecule has 126 valence electrons. The van der Waals surface area contributed by atoms with E-state index in [4.69, 9.17) is 16.3 Å². The molecule has 0 spiro atoms. The molecular weight excluding hydrogens is 316 g/mol. The predicted molar refractivity (Wildman–Crippen MR) is 89.3 cm³/mol. The molecule has 1 aromatic rings. The Hall–Kier alpha value is -1.75. The number of nitrogens with zero attached hydrogens (tertiary/aromatic N) is 1. The normalized spacial score (nSPS) is 20.6. The number of likely N-dealkylation sites (N-methyl/N-ethyl adjacent to an activating group) is 1. The van der Waals surface area contributed by atoms with Gasteiger partial charge in [-0.25, -0.2) is 4.79 Å². The average molecular weight is 339 g/mol. The number of benzene rings is 1. The first-order valence-corrected chi connectivity index (χ1v) is 8.44. The average Bonchev–Trinajstić information content (AvgIpc) is 2.60. The van der Waals surface area contributed by atoms with Crippen molar-refractivity contribution < 1.29 is 14.3 Å². The van der Waals surface area contributed by atoms with Gasteiger partial charge >= 0.3 is 6.09 Å². The molecular formula is C17H23ClN2O3. The van der Waals surface area contributed by atoms with Crippen LogP contribution in [-0.4, -0.2) is 41.9 Å². The number of ether oxygens (including phenoxy) is 1. The molecule has 0 unspecified atom stereocenters. The molecule has 1 N–H and O–H groups in total. The first-order valence-electron chi connectivity index (χ1n) is 7.90. The van der Waals surface area contributed by atoms with Crippen molar-refractivity contribution in [3.8, 4) is 0 Å². The second-order valence-electron chi connectivity index (χ2n) is 5.80. The van der Waals surface area contributed by atoms with Gasteiger partial charge in [-0.05, 0) is 18.4 Å². The van der Waals surface area contributed by atoms with Gasteiger partial charge in [0.1, 0.15) is 12.5 Å². The molecule has 1 fully saturated rings. The summed E-state index contributed by atoms with van der Waals surface area (Å²) < 4.78 is 5.27. The molecule has 23 heavy (non-hydrogen) atoms. The minimum Gasteiger partial charge on any atom is -0.445 e. The minimum absolute atomic E-state index is 0.0284. The molecule has 2 rings (SSSR count). The van der Waals surface area contributed by atoms with Crippen LogP contribution in [0.1, 0.15) is 31.2 Å². The molecule has 5 nitrogen and oxygen atoms in total. The Morgan fingerprint density at radius 3 is 2.65 bits per heavy atom. The number of halogens is 1. The maximum absolute atomic E-state index is 12.0.